The largest absolute Gasteiger partial charge is 0.456 e. The third kappa shape index (κ3) is 5.80. The fourth-order valence-corrected chi connectivity index (χ4v) is 10.4. The van der Waals surface area contributed by atoms with Crippen LogP contribution < -0.4 is 0 Å². The van der Waals surface area contributed by atoms with Crippen LogP contribution in [0.2, 0.25) is 0 Å². The van der Waals surface area contributed by atoms with Crippen LogP contribution in [0.5, 0.6) is 0 Å². The van der Waals surface area contributed by atoms with Crippen LogP contribution in [0, 0.1) is 0 Å². The number of hydrogen-bond donors (Lipinski definition) is 0. The van der Waals surface area contributed by atoms with Gasteiger partial charge in [-0.2, -0.15) is 0 Å². The van der Waals surface area contributed by atoms with E-state index in [2.05, 4.69) is 203 Å². The third-order valence-corrected chi connectivity index (χ3v) is 13.3. The summed E-state index contributed by atoms with van der Waals surface area (Å²) in [5.41, 5.74) is 13.0. The standard InChI is InChI=1S/C61H37N5O/c1-3-17-38(18-4-1)59-62-60(64-61(63-59)48-28-15-27-46-43-23-9-12-29-51(43)65(58(46)48)42-21-5-2-6-22-42)41-33-34-53(50(36-41)45-26-16-32-56-57(45)47-25-11-14-31-55(47)67-56)66-52-30-13-10-24-44(52)49-35-39-19-7-8-20-40(39)37-54(49)66/h1-37H. The molecule has 14 rings (SSSR count). The number of nitrogens with zero attached hydrogens (tertiary/aromatic N) is 5. The summed E-state index contributed by atoms with van der Waals surface area (Å²) in [6, 6.07) is 79.2. The SMILES string of the molecule is c1ccc(-c2nc(-c3ccc(-n4c5ccccc5c5cc6ccccc6cc54)c(-c4cccc5oc6ccccc6c45)c3)nc(-c3cccc4c5ccccc5n(-c5ccccc5)c34)n2)cc1. The summed E-state index contributed by atoms with van der Waals surface area (Å²) in [5, 5.41) is 9.22. The second-order valence-electron chi connectivity index (χ2n) is 17.1. The fourth-order valence-electron chi connectivity index (χ4n) is 10.4. The predicted molar refractivity (Wildman–Crippen MR) is 275 cm³/mol. The average molecular weight is 856 g/mol. The van der Waals surface area contributed by atoms with E-state index in [1.807, 2.05) is 30.3 Å². The summed E-state index contributed by atoms with van der Waals surface area (Å²) in [5.74, 6) is 1.77. The second kappa shape index (κ2) is 14.7. The molecule has 0 N–H and O–H groups in total. The van der Waals surface area contributed by atoms with Gasteiger partial charge in [-0.1, -0.05) is 152 Å². The van der Waals surface area contributed by atoms with Crippen LogP contribution in [0.1, 0.15) is 0 Å². The number of furan rings is 1. The van der Waals surface area contributed by atoms with E-state index >= 15 is 0 Å². The number of rotatable bonds is 6. The first-order valence-corrected chi connectivity index (χ1v) is 22.6. The Bertz CT molecular complexity index is 4280. The molecule has 0 saturated heterocycles. The molecule has 0 bridgehead atoms. The van der Waals surface area contributed by atoms with E-state index in [1.54, 1.807) is 0 Å². The van der Waals surface area contributed by atoms with Gasteiger partial charge in [-0.05, 0) is 89.1 Å². The van der Waals surface area contributed by atoms with Crippen molar-refractivity contribution in [1.29, 1.82) is 0 Å². The number of aromatic nitrogens is 5. The van der Waals surface area contributed by atoms with Gasteiger partial charge in [0.1, 0.15) is 11.2 Å². The molecule has 0 aliphatic rings. The molecule has 0 aliphatic carbocycles. The van der Waals surface area contributed by atoms with Crippen LogP contribution in [0.4, 0.5) is 0 Å². The molecule has 0 atom stereocenters. The molecule has 312 valence electrons. The van der Waals surface area contributed by atoms with Crippen molar-refractivity contribution in [3.8, 4) is 56.7 Å². The molecule has 4 aromatic heterocycles. The van der Waals surface area contributed by atoms with Gasteiger partial charge in [-0.25, -0.2) is 15.0 Å². The molecule has 0 saturated carbocycles. The summed E-state index contributed by atoms with van der Waals surface area (Å²) in [7, 11) is 0. The zero-order valence-corrected chi connectivity index (χ0v) is 36.0. The van der Waals surface area contributed by atoms with Crippen molar-refractivity contribution in [3.05, 3.63) is 224 Å². The van der Waals surface area contributed by atoms with Crippen molar-refractivity contribution in [3.63, 3.8) is 0 Å². The maximum Gasteiger partial charge on any atom is 0.166 e. The Morgan fingerprint density at radius 3 is 1.72 bits per heavy atom. The van der Waals surface area contributed by atoms with E-state index in [9.17, 15) is 0 Å². The molecule has 6 heteroatoms. The van der Waals surface area contributed by atoms with Crippen molar-refractivity contribution in [2.45, 2.75) is 0 Å². The van der Waals surface area contributed by atoms with E-state index in [1.165, 1.54) is 26.9 Å². The lowest BCUT2D eigenvalue weighted by atomic mass is 9.95. The van der Waals surface area contributed by atoms with E-state index in [0.717, 1.165) is 88.6 Å². The van der Waals surface area contributed by atoms with E-state index in [-0.39, 0.29) is 0 Å². The molecule has 67 heavy (non-hydrogen) atoms. The van der Waals surface area contributed by atoms with Gasteiger partial charge in [0.25, 0.3) is 0 Å². The summed E-state index contributed by atoms with van der Waals surface area (Å²) in [4.78, 5) is 16.1. The first-order valence-electron chi connectivity index (χ1n) is 22.6. The molecule has 0 amide bonds. The fraction of sp³-hybridized carbons (Fsp3) is 0. The molecule has 4 heterocycles. The van der Waals surface area contributed by atoms with E-state index < -0.39 is 0 Å². The first kappa shape index (κ1) is 37.3. The van der Waals surface area contributed by atoms with Gasteiger partial charge in [0, 0.05) is 60.3 Å². The highest BCUT2D eigenvalue weighted by atomic mass is 16.3. The van der Waals surface area contributed by atoms with Crippen LogP contribution in [-0.4, -0.2) is 24.1 Å². The highest BCUT2D eigenvalue weighted by Gasteiger charge is 2.23. The van der Waals surface area contributed by atoms with Crippen molar-refractivity contribution >= 4 is 76.3 Å². The van der Waals surface area contributed by atoms with Crippen molar-refractivity contribution < 1.29 is 4.42 Å². The maximum atomic E-state index is 6.53. The molecular weight excluding hydrogens is 819 g/mol. The topological polar surface area (TPSA) is 61.7 Å². The van der Waals surface area contributed by atoms with Crippen LogP contribution in [0.15, 0.2) is 229 Å². The second-order valence-corrected chi connectivity index (χ2v) is 17.1. The zero-order chi connectivity index (χ0) is 44.0. The Morgan fingerprint density at radius 2 is 0.910 bits per heavy atom. The van der Waals surface area contributed by atoms with Crippen molar-refractivity contribution in [2.24, 2.45) is 0 Å². The van der Waals surface area contributed by atoms with Crippen LogP contribution in [0.25, 0.3) is 133 Å². The number of para-hydroxylation sites is 5. The molecule has 6 nitrogen and oxygen atoms in total. The van der Waals surface area contributed by atoms with Gasteiger partial charge in [0.2, 0.25) is 0 Å². The van der Waals surface area contributed by atoms with Crippen LogP contribution in [-0.2, 0) is 0 Å². The Morgan fingerprint density at radius 1 is 0.328 bits per heavy atom. The Balaban J connectivity index is 1.07. The Hall–Kier alpha value is -9.13. The van der Waals surface area contributed by atoms with Crippen LogP contribution >= 0.6 is 0 Å². The molecule has 0 spiro atoms. The number of fused-ring (bicyclic) bond motifs is 10. The average Bonchev–Trinajstić information content (AvgIpc) is 4.06. The van der Waals surface area contributed by atoms with Gasteiger partial charge in [0.15, 0.2) is 17.5 Å². The van der Waals surface area contributed by atoms with Crippen LogP contribution in [0.3, 0.4) is 0 Å². The minimum atomic E-state index is 0.577. The lowest BCUT2D eigenvalue weighted by Gasteiger charge is -2.17. The van der Waals surface area contributed by atoms with Gasteiger partial charge < -0.3 is 13.6 Å². The van der Waals surface area contributed by atoms with Gasteiger partial charge in [-0.15, -0.1) is 0 Å². The molecule has 0 radical (unpaired) electrons. The molecule has 10 aromatic carbocycles. The molecule has 0 fully saturated rings. The van der Waals surface area contributed by atoms with Crippen molar-refractivity contribution in [1.82, 2.24) is 24.1 Å². The Labute approximate surface area is 384 Å². The lowest BCUT2D eigenvalue weighted by Crippen LogP contribution is -2.03. The summed E-state index contributed by atoms with van der Waals surface area (Å²) >= 11 is 0. The summed E-state index contributed by atoms with van der Waals surface area (Å²) < 4.78 is 11.3. The molecule has 0 aliphatic heterocycles. The molecular formula is C61H37N5O. The quantitative estimate of drug-likeness (QED) is 0.167. The monoisotopic (exact) mass is 855 g/mol. The zero-order valence-electron chi connectivity index (χ0n) is 36.0. The minimum absolute atomic E-state index is 0.577. The maximum absolute atomic E-state index is 6.53. The minimum Gasteiger partial charge on any atom is -0.456 e. The number of hydrogen-bond acceptors (Lipinski definition) is 4. The van der Waals surface area contributed by atoms with Crippen molar-refractivity contribution in [2.75, 3.05) is 0 Å². The smallest absolute Gasteiger partial charge is 0.166 e. The number of benzene rings is 10. The normalized spacial score (nSPS) is 11.9. The lowest BCUT2D eigenvalue weighted by molar-refractivity contribution is 0.669. The first-order chi connectivity index (χ1) is 33.2. The molecule has 14 aromatic rings. The summed E-state index contributed by atoms with van der Waals surface area (Å²) in [6.45, 7) is 0. The molecule has 0 unspecified atom stereocenters. The Kier molecular flexibility index (Phi) is 8.18. The summed E-state index contributed by atoms with van der Waals surface area (Å²) in [6.07, 6.45) is 0. The van der Waals surface area contributed by atoms with E-state index in [4.69, 9.17) is 19.4 Å². The third-order valence-electron chi connectivity index (χ3n) is 13.3. The highest BCUT2D eigenvalue weighted by molar-refractivity contribution is 6.17. The highest BCUT2D eigenvalue weighted by Crippen LogP contribution is 2.44. The van der Waals surface area contributed by atoms with Gasteiger partial charge in [0.05, 0.1) is 27.8 Å². The van der Waals surface area contributed by atoms with Gasteiger partial charge in [-0.3, -0.25) is 0 Å². The van der Waals surface area contributed by atoms with Gasteiger partial charge >= 0.3 is 0 Å². The van der Waals surface area contributed by atoms with E-state index in [0.29, 0.717) is 17.5 Å². The predicted octanol–water partition coefficient (Wildman–Crippen LogP) is 15.8.